The van der Waals surface area contributed by atoms with Crippen molar-refractivity contribution in [1.29, 1.82) is 0 Å². The zero-order valence-electron chi connectivity index (χ0n) is 15.0. The molecule has 0 fully saturated rings. The minimum absolute atomic E-state index is 0.308. The van der Waals surface area contributed by atoms with Gasteiger partial charge in [0.05, 0.1) is 17.6 Å². The summed E-state index contributed by atoms with van der Waals surface area (Å²) < 4.78 is 13.3. The molecule has 0 aliphatic heterocycles. The first-order valence-corrected chi connectivity index (χ1v) is 8.82. The number of halogens is 1. The Kier molecular flexibility index (Phi) is 5.15. The lowest BCUT2D eigenvalue weighted by Gasteiger charge is -2.08. The third kappa shape index (κ3) is 4.27. The highest BCUT2D eigenvalue weighted by atomic mass is 19.1. The van der Waals surface area contributed by atoms with Gasteiger partial charge in [-0.1, -0.05) is 72.8 Å². The van der Waals surface area contributed by atoms with Gasteiger partial charge in [-0.05, 0) is 23.8 Å². The Hall–Kier alpha value is -3.86. The molecule has 0 radical (unpaired) electrons. The maximum atomic E-state index is 13.3. The van der Waals surface area contributed by atoms with Crippen LogP contribution in [0.2, 0.25) is 0 Å². The van der Waals surface area contributed by atoms with E-state index >= 15 is 0 Å². The number of nitrogens with one attached hydrogen (secondary N) is 1. The molecule has 4 nitrogen and oxygen atoms in total. The van der Waals surface area contributed by atoms with Gasteiger partial charge >= 0.3 is 0 Å². The van der Waals surface area contributed by atoms with Gasteiger partial charge in [-0.15, -0.1) is 0 Å². The lowest BCUT2D eigenvalue weighted by Crippen LogP contribution is -2.00. The SMILES string of the molecule is Fc1cccc(/C=N\Nc2nc(-c3ccccc3)cc(-c3ccccc3)n2)c1. The molecular weight excluding hydrogens is 351 g/mol. The average Bonchev–Trinajstić information content (AvgIpc) is 2.75. The van der Waals surface area contributed by atoms with Gasteiger partial charge in [0.2, 0.25) is 5.95 Å². The Morgan fingerprint density at radius 3 is 1.89 bits per heavy atom. The average molecular weight is 368 g/mol. The molecular formula is C23H17FN4. The first-order chi connectivity index (χ1) is 13.8. The van der Waals surface area contributed by atoms with Crippen LogP contribution in [0, 0.1) is 5.82 Å². The molecule has 1 N–H and O–H groups in total. The minimum atomic E-state index is -0.308. The zero-order chi connectivity index (χ0) is 19.2. The molecule has 0 atom stereocenters. The Morgan fingerprint density at radius 2 is 1.32 bits per heavy atom. The van der Waals surface area contributed by atoms with Gasteiger partial charge in [0.25, 0.3) is 0 Å². The molecule has 0 saturated heterocycles. The smallest absolute Gasteiger partial charge is 0.244 e. The highest BCUT2D eigenvalue weighted by Gasteiger charge is 2.08. The van der Waals surface area contributed by atoms with E-state index in [1.807, 2.05) is 66.7 Å². The van der Waals surface area contributed by atoms with Gasteiger partial charge in [-0.2, -0.15) is 5.10 Å². The number of benzene rings is 3. The van der Waals surface area contributed by atoms with E-state index in [-0.39, 0.29) is 5.82 Å². The molecule has 0 unspecified atom stereocenters. The Labute approximate surface area is 162 Å². The van der Waals surface area contributed by atoms with Crippen LogP contribution in [0.1, 0.15) is 5.56 Å². The first-order valence-electron chi connectivity index (χ1n) is 8.82. The van der Waals surface area contributed by atoms with E-state index in [0.717, 1.165) is 22.5 Å². The Bertz CT molecular complexity index is 1040. The second kappa shape index (κ2) is 8.22. The van der Waals surface area contributed by atoms with E-state index in [0.29, 0.717) is 11.5 Å². The summed E-state index contributed by atoms with van der Waals surface area (Å²) in [7, 11) is 0. The van der Waals surface area contributed by atoms with Crippen LogP contribution in [0.3, 0.4) is 0 Å². The van der Waals surface area contributed by atoms with Crippen molar-refractivity contribution in [3.05, 3.63) is 102 Å². The topological polar surface area (TPSA) is 50.2 Å². The number of nitrogens with zero attached hydrogens (tertiary/aromatic N) is 3. The quantitative estimate of drug-likeness (QED) is 0.379. The number of hydrogen-bond donors (Lipinski definition) is 1. The van der Waals surface area contributed by atoms with Crippen molar-refractivity contribution in [2.24, 2.45) is 5.10 Å². The monoisotopic (exact) mass is 368 g/mol. The van der Waals surface area contributed by atoms with E-state index in [1.165, 1.54) is 18.3 Å². The van der Waals surface area contributed by atoms with Gasteiger partial charge in [-0.25, -0.2) is 19.8 Å². The summed E-state index contributed by atoms with van der Waals surface area (Å²) in [5.41, 5.74) is 7.06. The molecule has 0 saturated carbocycles. The largest absolute Gasteiger partial charge is 0.245 e. The lowest BCUT2D eigenvalue weighted by molar-refractivity contribution is 0.627. The number of aromatic nitrogens is 2. The fraction of sp³-hybridized carbons (Fsp3) is 0. The fourth-order valence-corrected chi connectivity index (χ4v) is 2.76. The third-order valence-corrected chi connectivity index (χ3v) is 4.09. The Balaban J connectivity index is 1.68. The second-order valence-electron chi connectivity index (χ2n) is 6.12. The van der Waals surface area contributed by atoms with Crippen LogP contribution >= 0.6 is 0 Å². The van der Waals surface area contributed by atoms with E-state index in [2.05, 4.69) is 20.5 Å². The minimum Gasteiger partial charge on any atom is -0.245 e. The van der Waals surface area contributed by atoms with Gasteiger partial charge in [0.15, 0.2) is 0 Å². The number of hydrogen-bond acceptors (Lipinski definition) is 4. The van der Waals surface area contributed by atoms with E-state index in [4.69, 9.17) is 0 Å². The predicted octanol–water partition coefficient (Wildman–Crippen LogP) is 5.40. The van der Waals surface area contributed by atoms with Gasteiger partial charge < -0.3 is 0 Å². The molecule has 0 spiro atoms. The van der Waals surface area contributed by atoms with Crippen molar-refractivity contribution < 1.29 is 4.39 Å². The summed E-state index contributed by atoms with van der Waals surface area (Å²) in [5.74, 6) is 0.0606. The van der Waals surface area contributed by atoms with Gasteiger partial charge in [0, 0.05) is 11.1 Å². The summed E-state index contributed by atoms with van der Waals surface area (Å²) in [4.78, 5) is 9.14. The number of anilines is 1. The van der Waals surface area contributed by atoms with Crippen LogP contribution in [0.15, 0.2) is 96.1 Å². The number of rotatable bonds is 5. The van der Waals surface area contributed by atoms with E-state index in [1.54, 1.807) is 12.1 Å². The summed E-state index contributed by atoms with van der Waals surface area (Å²) in [6.07, 6.45) is 1.53. The van der Waals surface area contributed by atoms with Crippen LogP contribution < -0.4 is 5.43 Å². The van der Waals surface area contributed by atoms with Gasteiger partial charge in [0.1, 0.15) is 5.82 Å². The van der Waals surface area contributed by atoms with Gasteiger partial charge in [-0.3, -0.25) is 0 Å². The van der Waals surface area contributed by atoms with Crippen LogP contribution in [0.4, 0.5) is 10.3 Å². The third-order valence-electron chi connectivity index (χ3n) is 4.09. The van der Waals surface area contributed by atoms with Crippen LogP contribution in [-0.2, 0) is 0 Å². The maximum Gasteiger partial charge on any atom is 0.244 e. The molecule has 3 aromatic carbocycles. The molecule has 1 heterocycles. The molecule has 0 bridgehead atoms. The first kappa shape index (κ1) is 17.5. The molecule has 0 aliphatic carbocycles. The summed E-state index contributed by atoms with van der Waals surface area (Å²) in [5, 5.41) is 4.16. The summed E-state index contributed by atoms with van der Waals surface area (Å²) in [6, 6.07) is 27.9. The summed E-state index contributed by atoms with van der Waals surface area (Å²) >= 11 is 0. The van der Waals surface area contributed by atoms with Crippen LogP contribution in [0.5, 0.6) is 0 Å². The molecule has 4 aromatic rings. The Morgan fingerprint density at radius 1 is 0.714 bits per heavy atom. The molecule has 0 aliphatic rings. The summed E-state index contributed by atoms with van der Waals surface area (Å²) in [6.45, 7) is 0. The van der Waals surface area contributed by atoms with Crippen molar-refractivity contribution >= 4 is 12.2 Å². The van der Waals surface area contributed by atoms with Crippen molar-refractivity contribution in [3.63, 3.8) is 0 Å². The number of hydrazone groups is 1. The molecule has 5 heteroatoms. The molecule has 0 amide bonds. The molecule has 28 heavy (non-hydrogen) atoms. The van der Waals surface area contributed by atoms with E-state index < -0.39 is 0 Å². The van der Waals surface area contributed by atoms with Crippen molar-refractivity contribution in [1.82, 2.24) is 9.97 Å². The standard InChI is InChI=1S/C23H17FN4/c24-20-13-7-8-17(14-20)16-25-28-23-26-21(18-9-3-1-4-10-18)15-22(27-23)19-11-5-2-6-12-19/h1-16H,(H,26,27,28)/b25-16-. The lowest BCUT2D eigenvalue weighted by atomic mass is 10.1. The van der Waals surface area contributed by atoms with Crippen molar-refractivity contribution in [3.8, 4) is 22.5 Å². The van der Waals surface area contributed by atoms with Crippen LogP contribution in [0.25, 0.3) is 22.5 Å². The van der Waals surface area contributed by atoms with Crippen LogP contribution in [-0.4, -0.2) is 16.2 Å². The highest BCUT2D eigenvalue weighted by molar-refractivity contribution is 5.80. The fourth-order valence-electron chi connectivity index (χ4n) is 2.76. The van der Waals surface area contributed by atoms with E-state index in [9.17, 15) is 4.39 Å². The van der Waals surface area contributed by atoms with Crippen molar-refractivity contribution in [2.75, 3.05) is 5.43 Å². The zero-order valence-corrected chi connectivity index (χ0v) is 15.0. The second-order valence-corrected chi connectivity index (χ2v) is 6.12. The predicted molar refractivity (Wildman–Crippen MR) is 111 cm³/mol. The molecule has 1 aromatic heterocycles. The highest BCUT2D eigenvalue weighted by Crippen LogP contribution is 2.25. The molecule has 4 rings (SSSR count). The normalized spacial score (nSPS) is 10.9. The maximum absolute atomic E-state index is 13.3. The van der Waals surface area contributed by atoms with Crippen molar-refractivity contribution in [2.45, 2.75) is 0 Å². The molecule has 136 valence electrons.